The minimum Gasteiger partial charge on any atom is -0.496 e. The zero-order valence-electron chi connectivity index (χ0n) is 11.3. The molecular weight excluding hydrogens is 296 g/mol. The number of thiazole rings is 1. The molecule has 0 spiro atoms. The van der Waals surface area contributed by atoms with E-state index in [1.54, 1.807) is 7.11 Å². The van der Waals surface area contributed by atoms with Gasteiger partial charge in [0.05, 0.1) is 25.1 Å². The second kappa shape index (κ2) is 6.72. The summed E-state index contributed by atoms with van der Waals surface area (Å²) < 4.78 is 5.18. The predicted octanol–water partition coefficient (Wildman–Crippen LogP) is 3.38. The summed E-state index contributed by atoms with van der Waals surface area (Å²) in [5, 5.41) is 5.48. The first-order chi connectivity index (χ1) is 9.62. The van der Waals surface area contributed by atoms with Crippen LogP contribution in [-0.2, 0) is 17.1 Å². The van der Waals surface area contributed by atoms with Crippen LogP contribution < -0.4 is 10.1 Å². The Hall–Kier alpha value is -1.59. The maximum absolute atomic E-state index is 11.9. The average Bonchev–Trinajstić information content (AvgIpc) is 2.86. The quantitative estimate of drug-likeness (QED) is 0.861. The highest BCUT2D eigenvalue weighted by molar-refractivity contribution is 7.09. The van der Waals surface area contributed by atoms with Gasteiger partial charge in [0, 0.05) is 11.1 Å². The normalized spacial score (nSPS) is 10.3. The van der Waals surface area contributed by atoms with Crippen molar-refractivity contribution in [3.05, 3.63) is 39.8 Å². The number of halogens is 1. The van der Waals surface area contributed by atoms with E-state index in [1.807, 2.05) is 30.5 Å². The Morgan fingerprint density at radius 3 is 2.90 bits per heavy atom. The summed E-state index contributed by atoms with van der Waals surface area (Å²) in [6.45, 7) is 1.93. The van der Waals surface area contributed by atoms with Gasteiger partial charge in [-0.1, -0.05) is 0 Å². The van der Waals surface area contributed by atoms with E-state index in [0.29, 0.717) is 5.88 Å². The molecule has 2 rings (SSSR count). The van der Waals surface area contributed by atoms with Gasteiger partial charge < -0.3 is 10.1 Å². The number of anilines is 1. The maximum atomic E-state index is 11.9. The lowest BCUT2D eigenvalue weighted by molar-refractivity contribution is -0.115. The number of alkyl halides is 1. The smallest absolute Gasteiger partial charge is 0.231 e. The van der Waals surface area contributed by atoms with Gasteiger partial charge in [-0.3, -0.25) is 4.79 Å². The van der Waals surface area contributed by atoms with Gasteiger partial charge >= 0.3 is 0 Å². The minimum atomic E-state index is -0.0926. The summed E-state index contributed by atoms with van der Waals surface area (Å²) in [5.41, 5.74) is 2.53. The molecule has 0 aliphatic carbocycles. The first-order valence-electron chi connectivity index (χ1n) is 6.06. The number of nitrogens with zero attached hydrogens (tertiary/aromatic N) is 1. The van der Waals surface area contributed by atoms with Crippen LogP contribution in [0.3, 0.4) is 0 Å². The van der Waals surface area contributed by atoms with Crippen molar-refractivity contribution in [1.82, 2.24) is 4.98 Å². The summed E-state index contributed by atoms with van der Waals surface area (Å²) in [4.78, 5) is 16.2. The van der Waals surface area contributed by atoms with Crippen LogP contribution in [0.1, 0.15) is 16.3 Å². The van der Waals surface area contributed by atoms with Gasteiger partial charge in [0.2, 0.25) is 5.91 Å². The van der Waals surface area contributed by atoms with Crippen molar-refractivity contribution in [1.29, 1.82) is 0 Å². The van der Waals surface area contributed by atoms with Crippen molar-refractivity contribution in [3.63, 3.8) is 0 Å². The third-order valence-electron chi connectivity index (χ3n) is 2.73. The van der Waals surface area contributed by atoms with E-state index in [2.05, 4.69) is 10.3 Å². The number of amides is 1. The van der Waals surface area contributed by atoms with Crippen molar-refractivity contribution < 1.29 is 9.53 Å². The van der Waals surface area contributed by atoms with Crippen LogP contribution in [0, 0.1) is 6.92 Å². The third kappa shape index (κ3) is 3.71. The van der Waals surface area contributed by atoms with E-state index < -0.39 is 0 Å². The number of hydrogen-bond acceptors (Lipinski definition) is 4. The highest BCUT2D eigenvalue weighted by Gasteiger charge is 2.09. The zero-order chi connectivity index (χ0) is 14.5. The number of ether oxygens (including phenoxy) is 1. The summed E-state index contributed by atoms with van der Waals surface area (Å²) in [6.07, 6.45) is 0.257. The summed E-state index contributed by atoms with van der Waals surface area (Å²) in [6, 6.07) is 5.53. The van der Waals surface area contributed by atoms with E-state index in [4.69, 9.17) is 16.3 Å². The zero-order valence-corrected chi connectivity index (χ0v) is 12.8. The van der Waals surface area contributed by atoms with Crippen LogP contribution >= 0.6 is 22.9 Å². The van der Waals surface area contributed by atoms with Crippen molar-refractivity contribution in [2.75, 3.05) is 12.4 Å². The van der Waals surface area contributed by atoms with Gasteiger partial charge in [-0.15, -0.1) is 22.9 Å². The van der Waals surface area contributed by atoms with E-state index in [9.17, 15) is 4.79 Å². The van der Waals surface area contributed by atoms with E-state index >= 15 is 0 Å². The molecule has 2 aromatic rings. The molecule has 1 N–H and O–H groups in total. The number of nitrogens with one attached hydrogen (secondary N) is 1. The Morgan fingerprint density at radius 1 is 1.50 bits per heavy atom. The van der Waals surface area contributed by atoms with Crippen molar-refractivity contribution in [2.24, 2.45) is 0 Å². The Bertz CT molecular complexity index is 613. The Balaban J connectivity index is 1.99. The number of aryl methyl sites for hydroxylation is 1. The second-order valence-electron chi connectivity index (χ2n) is 4.28. The fourth-order valence-electron chi connectivity index (χ4n) is 1.79. The molecule has 6 heteroatoms. The number of carbonyl (C=O) groups excluding carboxylic acids is 1. The monoisotopic (exact) mass is 310 g/mol. The van der Waals surface area contributed by atoms with Crippen LogP contribution in [0.4, 0.5) is 5.69 Å². The van der Waals surface area contributed by atoms with Gasteiger partial charge in [-0.05, 0) is 30.7 Å². The highest BCUT2D eigenvalue weighted by Crippen LogP contribution is 2.21. The van der Waals surface area contributed by atoms with Crippen LogP contribution in [0.15, 0.2) is 23.6 Å². The number of hydrogen-bond donors (Lipinski definition) is 1. The molecule has 0 saturated carbocycles. The summed E-state index contributed by atoms with van der Waals surface area (Å²) >= 11 is 7.13. The van der Waals surface area contributed by atoms with Gasteiger partial charge in [0.1, 0.15) is 10.8 Å². The molecule has 0 radical (unpaired) electrons. The Morgan fingerprint density at radius 2 is 2.30 bits per heavy atom. The van der Waals surface area contributed by atoms with Crippen molar-refractivity contribution in [2.45, 2.75) is 19.2 Å². The fraction of sp³-hybridized carbons (Fsp3) is 0.286. The molecule has 0 aliphatic heterocycles. The number of benzene rings is 1. The van der Waals surface area contributed by atoms with E-state index in [-0.39, 0.29) is 12.3 Å². The number of methoxy groups -OCH3 is 1. The number of rotatable bonds is 5. The largest absolute Gasteiger partial charge is 0.496 e. The molecule has 0 aliphatic rings. The first kappa shape index (κ1) is 14.8. The molecule has 106 valence electrons. The molecule has 1 aromatic heterocycles. The molecule has 0 atom stereocenters. The second-order valence-corrected chi connectivity index (χ2v) is 5.49. The SMILES string of the molecule is COc1ccc(NC(=O)Cc2nc(CCl)cs2)cc1C. The Kier molecular flexibility index (Phi) is 4.98. The molecule has 0 fully saturated rings. The van der Waals surface area contributed by atoms with E-state index in [0.717, 1.165) is 27.7 Å². The minimum absolute atomic E-state index is 0.0926. The van der Waals surface area contributed by atoms with Gasteiger partial charge in [-0.2, -0.15) is 0 Å². The third-order valence-corrected chi connectivity index (χ3v) is 3.90. The molecule has 0 unspecified atom stereocenters. The van der Waals surface area contributed by atoms with Gasteiger partial charge in [0.15, 0.2) is 0 Å². The molecule has 4 nitrogen and oxygen atoms in total. The van der Waals surface area contributed by atoms with Crippen LogP contribution in [0.2, 0.25) is 0 Å². The average molecular weight is 311 g/mol. The molecule has 1 aromatic carbocycles. The Labute approximate surface area is 126 Å². The lowest BCUT2D eigenvalue weighted by Gasteiger charge is -2.08. The molecule has 1 amide bonds. The fourth-order valence-corrected chi connectivity index (χ4v) is 2.81. The van der Waals surface area contributed by atoms with E-state index in [1.165, 1.54) is 11.3 Å². The van der Waals surface area contributed by atoms with Gasteiger partial charge in [-0.25, -0.2) is 4.98 Å². The number of aromatic nitrogens is 1. The van der Waals surface area contributed by atoms with Crippen LogP contribution in [-0.4, -0.2) is 18.0 Å². The van der Waals surface area contributed by atoms with Crippen LogP contribution in [0.5, 0.6) is 5.75 Å². The topological polar surface area (TPSA) is 51.2 Å². The number of carbonyl (C=O) groups is 1. The molecule has 20 heavy (non-hydrogen) atoms. The maximum Gasteiger partial charge on any atom is 0.231 e. The molecular formula is C14H15ClN2O2S. The van der Waals surface area contributed by atoms with Crippen molar-refractivity contribution in [3.8, 4) is 5.75 Å². The molecule has 0 bridgehead atoms. The predicted molar refractivity (Wildman–Crippen MR) is 81.7 cm³/mol. The summed E-state index contributed by atoms with van der Waals surface area (Å²) in [5.74, 6) is 1.08. The highest BCUT2D eigenvalue weighted by atomic mass is 35.5. The lowest BCUT2D eigenvalue weighted by atomic mass is 10.2. The first-order valence-corrected chi connectivity index (χ1v) is 7.47. The molecule has 1 heterocycles. The van der Waals surface area contributed by atoms with Crippen LogP contribution in [0.25, 0.3) is 0 Å². The van der Waals surface area contributed by atoms with Crippen molar-refractivity contribution >= 4 is 34.5 Å². The molecule has 0 saturated heterocycles. The standard InChI is InChI=1S/C14H15ClN2O2S/c1-9-5-10(3-4-12(9)19-2)16-13(18)6-14-17-11(7-15)8-20-14/h3-5,8H,6-7H2,1-2H3,(H,16,18). The lowest BCUT2D eigenvalue weighted by Crippen LogP contribution is -2.14. The summed E-state index contributed by atoms with van der Waals surface area (Å²) in [7, 11) is 1.62. The van der Waals surface area contributed by atoms with Gasteiger partial charge in [0.25, 0.3) is 0 Å².